The summed E-state index contributed by atoms with van der Waals surface area (Å²) in [4.78, 5) is 28.7. The van der Waals surface area contributed by atoms with Crippen LogP contribution in [0.5, 0.6) is 0 Å². The van der Waals surface area contributed by atoms with E-state index in [0.717, 1.165) is 61.1 Å². The molecule has 1 amide bonds. The van der Waals surface area contributed by atoms with Crippen LogP contribution >= 0.6 is 0 Å². The number of rotatable bonds is 2. The summed E-state index contributed by atoms with van der Waals surface area (Å²) in [5.41, 5.74) is 3.61. The van der Waals surface area contributed by atoms with Crippen LogP contribution in [0.4, 0.5) is 5.95 Å². The molecule has 0 saturated carbocycles. The van der Waals surface area contributed by atoms with Gasteiger partial charge in [0.15, 0.2) is 0 Å². The van der Waals surface area contributed by atoms with E-state index in [1.54, 1.807) is 6.26 Å². The van der Waals surface area contributed by atoms with Crippen molar-refractivity contribution in [3.63, 3.8) is 0 Å². The molecule has 0 aromatic carbocycles. The molecule has 8 nitrogen and oxygen atoms in total. The van der Waals surface area contributed by atoms with Gasteiger partial charge in [-0.1, -0.05) is 0 Å². The zero-order valence-electron chi connectivity index (χ0n) is 15.5. The molecule has 0 spiro atoms. The van der Waals surface area contributed by atoms with Crippen molar-refractivity contribution < 1.29 is 13.9 Å². The first kappa shape index (κ1) is 16.7. The van der Waals surface area contributed by atoms with E-state index >= 15 is 0 Å². The Balaban J connectivity index is 1.32. The summed E-state index contributed by atoms with van der Waals surface area (Å²) in [5.74, 6) is 1.58. The Labute approximate surface area is 157 Å². The van der Waals surface area contributed by atoms with E-state index in [9.17, 15) is 4.79 Å². The quantitative estimate of drug-likeness (QED) is 0.783. The second kappa shape index (κ2) is 6.61. The number of nitrogens with zero attached hydrogens (tertiary/aromatic N) is 5. The van der Waals surface area contributed by atoms with Crippen LogP contribution < -0.4 is 4.90 Å². The summed E-state index contributed by atoms with van der Waals surface area (Å²) in [6, 6.07) is 0. The first-order valence-electron chi connectivity index (χ1n) is 9.43. The smallest absolute Gasteiger partial charge is 0.257 e. The van der Waals surface area contributed by atoms with E-state index in [1.807, 2.05) is 11.1 Å². The van der Waals surface area contributed by atoms with E-state index < -0.39 is 0 Å². The van der Waals surface area contributed by atoms with Gasteiger partial charge in [-0.2, -0.15) is 0 Å². The maximum Gasteiger partial charge on any atom is 0.257 e. The van der Waals surface area contributed by atoms with Crippen LogP contribution in [-0.4, -0.2) is 65.4 Å². The lowest BCUT2D eigenvalue weighted by molar-refractivity contribution is 0.0725. The molecule has 2 aromatic heterocycles. The van der Waals surface area contributed by atoms with E-state index in [2.05, 4.69) is 21.8 Å². The van der Waals surface area contributed by atoms with Crippen LogP contribution in [0, 0.1) is 0 Å². The molecular formula is C19H23N5O3. The highest BCUT2D eigenvalue weighted by Gasteiger charge is 2.30. The van der Waals surface area contributed by atoms with Crippen molar-refractivity contribution >= 4 is 11.9 Å². The molecule has 27 heavy (non-hydrogen) atoms. The van der Waals surface area contributed by atoms with Crippen molar-refractivity contribution in [2.75, 3.05) is 44.7 Å². The number of piperazine rings is 1. The van der Waals surface area contributed by atoms with Crippen molar-refractivity contribution in [2.24, 2.45) is 0 Å². The first-order chi connectivity index (χ1) is 13.2. The fourth-order valence-corrected chi connectivity index (χ4v) is 3.94. The number of hydrogen-bond donors (Lipinski definition) is 0. The van der Waals surface area contributed by atoms with Crippen molar-refractivity contribution in [3.05, 3.63) is 40.6 Å². The molecule has 1 saturated heterocycles. The number of carbonyl (C=O) groups excluding carboxylic acids is 1. The van der Waals surface area contributed by atoms with Gasteiger partial charge in [0.1, 0.15) is 18.6 Å². The van der Waals surface area contributed by atoms with Gasteiger partial charge in [0, 0.05) is 63.0 Å². The molecule has 142 valence electrons. The Morgan fingerprint density at radius 1 is 1.15 bits per heavy atom. The number of hydrogen-bond acceptors (Lipinski definition) is 7. The second-order valence-corrected chi connectivity index (χ2v) is 7.45. The number of carbonyl (C=O) groups is 1. The molecule has 5 rings (SSSR count). The van der Waals surface area contributed by atoms with Crippen LogP contribution in [0.25, 0.3) is 0 Å². The molecule has 0 bridgehead atoms. The Bertz CT molecular complexity index is 872. The molecule has 1 fully saturated rings. The lowest BCUT2D eigenvalue weighted by Gasteiger charge is -2.33. The molecule has 5 heterocycles. The fourth-order valence-electron chi connectivity index (χ4n) is 3.94. The van der Waals surface area contributed by atoms with Gasteiger partial charge in [-0.25, -0.2) is 9.97 Å². The minimum atomic E-state index is -0.000653. The predicted octanol–water partition coefficient (Wildman–Crippen LogP) is 1.05. The monoisotopic (exact) mass is 369 g/mol. The fraction of sp³-hybridized carbons (Fsp3) is 0.526. The zero-order chi connectivity index (χ0) is 18.4. The lowest BCUT2D eigenvalue weighted by atomic mass is 10.1. The topological polar surface area (TPSA) is 74.9 Å². The van der Waals surface area contributed by atoms with E-state index in [4.69, 9.17) is 14.1 Å². The Kier molecular flexibility index (Phi) is 4.09. The number of likely N-dealkylation sites (N-methyl/N-ethyl adjacent to an activating group) is 1. The summed E-state index contributed by atoms with van der Waals surface area (Å²) >= 11 is 0. The van der Waals surface area contributed by atoms with E-state index in [-0.39, 0.29) is 5.91 Å². The largest absolute Gasteiger partial charge is 0.466 e. The van der Waals surface area contributed by atoms with Gasteiger partial charge in [-0.05, 0) is 7.05 Å². The van der Waals surface area contributed by atoms with Crippen molar-refractivity contribution in [3.8, 4) is 0 Å². The highest BCUT2D eigenvalue weighted by Crippen LogP contribution is 2.28. The average Bonchev–Trinajstić information content (AvgIpc) is 3.31. The standard InChI is InChI=1S/C19H23N5O3/c1-22-4-6-23(7-5-22)19-20-8-13-9-24(3-2-16(13)21-19)18(25)15-11-27-17-12-26-10-14(15)17/h8,11H,2-7,9-10,12H2,1H3. The van der Waals surface area contributed by atoms with Gasteiger partial charge >= 0.3 is 0 Å². The van der Waals surface area contributed by atoms with Crippen LogP contribution in [0.3, 0.4) is 0 Å². The third-order valence-electron chi connectivity index (χ3n) is 5.69. The molecule has 0 N–H and O–H groups in total. The number of amides is 1. The lowest BCUT2D eigenvalue weighted by Crippen LogP contribution is -2.45. The number of anilines is 1. The summed E-state index contributed by atoms with van der Waals surface area (Å²) in [7, 11) is 2.14. The molecule has 3 aliphatic rings. The summed E-state index contributed by atoms with van der Waals surface area (Å²) in [5, 5.41) is 0. The molecule has 2 aromatic rings. The Morgan fingerprint density at radius 2 is 2.00 bits per heavy atom. The predicted molar refractivity (Wildman–Crippen MR) is 97.4 cm³/mol. The van der Waals surface area contributed by atoms with Crippen LogP contribution in [-0.2, 0) is 30.9 Å². The number of fused-ring (bicyclic) bond motifs is 2. The molecule has 0 aliphatic carbocycles. The van der Waals surface area contributed by atoms with Crippen molar-refractivity contribution in [1.29, 1.82) is 0 Å². The third kappa shape index (κ3) is 2.98. The number of aromatic nitrogens is 2. The highest BCUT2D eigenvalue weighted by molar-refractivity contribution is 5.95. The van der Waals surface area contributed by atoms with Gasteiger partial charge in [0.2, 0.25) is 5.95 Å². The molecule has 0 atom stereocenters. The van der Waals surface area contributed by atoms with E-state index in [0.29, 0.717) is 31.9 Å². The molecule has 0 radical (unpaired) electrons. The van der Waals surface area contributed by atoms with Gasteiger partial charge in [0.25, 0.3) is 5.91 Å². The second-order valence-electron chi connectivity index (χ2n) is 7.45. The van der Waals surface area contributed by atoms with Crippen LogP contribution in [0.2, 0.25) is 0 Å². The van der Waals surface area contributed by atoms with Gasteiger partial charge in [-0.3, -0.25) is 4.79 Å². The van der Waals surface area contributed by atoms with Crippen LogP contribution in [0.1, 0.15) is 32.9 Å². The highest BCUT2D eigenvalue weighted by atomic mass is 16.5. The molecule has 3 aliphatic heterocycles. The normalized spacial score (nSPS) is 19.9. The first-order valence-corrected chi connectivity index (χ1v) is 9.43. The maximum atomic E-state index is 12.9. The number of furan rings is 1. The minimum Gasteiger partial charge on any atom is -0.466 e. The van der Waals surface area contributed by atoms with Crippen molar-refractivity contribution in [1.82, 2.24) is 19.8 Å². The molecule has 0 unspecified atom stereocenters. The summed E-state index contributed by atoms with van der Waals surface area (Å²) < 4.78 is 10.8. The minimum absolute atomic E-state index is 0.000653. The molecule has 8 heteroatoms. The zero-order valence-corrected chi connectivity index (χ0v) is 15.5. The SMILES string of the molecule is CN1CCN(c2ncc3c(n2)CCN(C(=O)c2coc4c2COC4)C3)CC1. The molecular weight excluding hydrogens is 346 g/mol. The van der Waals surface area contributed by atoms with Crippen molar-refractivity contribution in [2.45, 2.75) is 26.2 Å². The average molecular weight is 369 g/mol. The van der Waals surface area contributed by atoms with Gasteiger partial charge in [-0.15, -0.1) is 0 Å². The summed E-state index contributed by atoms with van der Waals surface area (Å²) in [6.07, 6.45) is 4.21. The maximum absolute atomic E-state index is 12.9. The Hall–Kier alpha value is -2.45. The third-order valence-corrected chi connectivity index (χ3v) is 5.69. The van der Waals surface area contributed by atoms with Crippen LogP contribution in [0.15, 0.2) is 16.9 Å². The number of ether oxygens (including phenoxy) is 1. The van der Waals surface area contributed by atoms with Gasteiger partial charge < -0.3 is 23.9 Å². The Morgan fingerprint density at radius 3 is 2.85 bits per heavy atom. The van der Waals surface area contributed by atoms with E-state index in [1.165, 1.54) is 0 Å². The van der Waals surface area contributed by atoms with Gasteiger partial charge in [0.05, 0.1) is 17.9 Å². The summed E-state index contributed by atoms with van der Waals surface area (Å²) in [6.45, 7) is 6.07.